The highest BCUT2D eigenvalue weighted by molar-refractivity contribution is 6.31. The molecule has 0 aliphatic heterocycles. The summed E-state index contributed by atoms with van der Waals surface area (Å²) < 4.78 is 9.97. The molecule has 0 aliphatic rings. The molecule has 4 nitrogen and oxygen atoms in total. The molecule has 0 atom stereocenters. The number of hydrogen-bond donors (Lipinski definition) is 1. The van der Waals surface area contributed by atoms with Crippen molar-refractivity contribution in [3.05, 3.63) is 23.1 Å². The average Bonchev–Trinajstić information content (AvgIpc) is 2.71. The fraction of sp³-hybridized carbons (Fsp3) is 0.300. The lowest BCUT2D eigenvalue weighted by Gasteiger charge is -2.03. The maximum Gasteiger partial charge on any atom is 0.226 e. The van der Waals surface area contributed by atoms with E-state index in [-0.39, 0.29) is 5.92 Å². The number of rotatable bonds is 2. The van der Waals surface area contributed by atoms with Crippen molar-refractivity contribution >= 4 is 17.5 Å². The first-order chi connectivity index (χ1) is 7.11. The topological polar surface area (TPSA) is 65.2 Å². The molecule has 0 saturated heterocycles. The van der Waals surface area contributed by atoms with Crippen LogP contribution in [0.1, 0.15) is 25.3 Å². The van der Waals surface area contributed by atoms with Crippen molar-refractivity contribution < 1.29 is 8.94 Å². The number of aromatic nitrogens is 1. The molecule has 2 heterocycles. The second-order valence-corrected chi connectivity index (χ2v) is 3.92. The zero-order valence-electron chi connectivity index (χ0n) is 8.45. The minimum atomic E-state index is 0.220. The summed E-state index contributed by atoms with van der Waals surface area (Å²) in [6.07, 6.45) is 1.51. The van der Waals surface area contributed by atoms with E-state index >= 15 is 0 Å². The third kappa shape index (κ3) is 1.61. The average molecular weight is 227 g/mol. The van der Waals surface area contributed by atoms with Crippen molar-refractivity contribution in [1.82, 2.24) is 5.16 Å². The molecular weight excluding hydrogens is 216 g/mol. The lowest BCUT2D eigenvalue weighted by atomic mass is 10.0. The van der Waals surface area contributed by atoms with Crippen LogP contribution in [0.5, 0.6) is 0 Å². The minimum absolute atomic E-state index is 0.220. The second-order valence-electron chi connectivity index (χ2n) is 3.57. The number of nitrogen functional groups attached to an aromatic ring is 1. The van der Waals surface area contributed by atoms with Crippen molar-refractivity contribution in [2.45, 2.75) is 19.8 Å². The Balaban J connectivity index is 2.59. The van der Waals surface area contributed by atoms with Crippen molar-refractivity contribution in [1.29, 1.82) is 0 Å². The van der Waals surface area contributed by atoms with E-state index in [0.717, 1.165) is 5.56 Å². The van der Waals surface area contributed by atoms with E-state index in [4.69, 9.17) is 26.3 Å². The van der Waals surface area contributed by atoms with E-state index in [2.05, 4.69) is 5.16 Å². The molecule has 2 aromatic rings. The second kappa shape index (κ2) is 3.62. The van der Waals surface area contributed by atoms with Crippen molar-refractivity contribution in [3.8, 4) is 11.3 Å². The quantitative estimate of drug-likeness (QED) is 0.853. The molecule has 0 spiro atoms. The fourth-order valence-corrected chi connectivity index (χ4v) is 1.73. The van der Waals surface area contributed by atoms with E-state index in [1.54, 1.807) is 6.07 Å². The van der Waals surface area contributed by atoms with Gasteiger partial charge in [-0.2, -0.15) is 0 Å². The molecular formula is C10H11ClN2O2. The van der Waals surface area contributed by atoms with Gasteiger partial charge in [0.05, 0.1) is 11.8 Å². The Morgan fingerprint density at radius 2 is 2.20 bits per heavy atom. The summed E-state index contributed by atoms with van der Waals surface area (Å²) >= 11 is 5.87. The fourth-order valence-electron chi connectivity index (χ4n) is 1.52. The Morgan fingerprint density at radius 3 is 2.73 bits per heavy atom. The van der Waals surface area contributed by atoms with Gasteiger partial charge in [0.1, 0.15) is 5.69 Å². The van der Waals surface area contributed by atoms with Crippen LogP contribution in [-0.4, -0.2) is 5.16 Å². The summed E-state index contributed by atoms with van der Waals surface area (Å²) in [6, 6.07) is 1.74. The molecule has 0 bridgehead atoms. The maximum atomic E-state index is 5.87. The van der Waals surface area contributed by atoms with Crippen LogP contribution in [0, 0.1) is 0 Å². The van der Waals surface area contributed by atoms with E-state index in [1.807, 2.05) is 13.8 Å². The molecule has 80 valence electrons. The SMILES string of the molecule is CC(C)c1c(-c2ccoc2Cl)noc1N. The molecule has 0 aliphatic carbocycles. The van der Waals surface area contributed by atoms with Crippen molar-refractivity contribution in [3.63, 3.8) is 0 Å². The zero-order valence-corrected chi connectivity index (χ0v) is 9.21. The Morgan fingerprint density at radius 1 is 1.47 bits per heavy atom. The number of nitrogens with two attached hydrogens (primary N) is 1. The van der Waals surface area contributed by atoms with Gasteiger partial charge < -0.3 is 14.7 Å². The maximum absolute atomic E-state index is 5.87. The van der Waals surface area contributed by atoms with E-state index in [9.17, 15) is 0 Å². The van der Waals surface area contributed by atoms with Gasteiger partial charge in [-0.25, -0.2) is 0 Å². The van der Waals surface area contributed by atoms with Crippen molar-refractivity contribution in [2.75, 3.05) is 5.73 Å². The van der Waals surface area contributed by atoms with E-state index < -0.39 is 0 Å². The van der Waals surface area contributed by atoms with E-state index in [0.29, 0.717) is 22.4 Å². The molecule has 0 unspecified atom stereocenters. The lowest BCUT2D eigenvalue weighted by Crippen LogP contribution is -1.94. The molecule has 15 heavy (non-hydrogen) atoms. The third-order valence-corrected chi connectivity index (χ3v) is 2.50. The van der Waals surface area contributed by atoms with Gasteiger partial charge in [-0.05, 0) is 23.6 Å². The number of anilines is 1. The van der Waals surface area contributed by atoms with Crippen LogP contribution in [0.25, 0.3) is 11.3 Å². The first-order valence-corrected chi connectivity index (χ1v) is 4.97. The largest absolute Gasteiger partial charge is 0.452 e. The summed E-state index contributed by atoms with van der Waals surface area (Å²) in [7, 11) is 0. The van der Waals surface area contributed by atoms with Gasteiger partial charge >= 0.3 is 0 Å². The number of hydrogen-bond acceptors (Lipinski definition) is 4. The van der Waals surface area contributed by atoms with Gasteiger partial charge in [-0.15, -0.1) is 0 Å². The lowest BCUT2D eigenvalue weighted by molar-refractivity contribution is 0.438. The highest BCUT2D eigenvalue weighted by Gasteiger charge is 2.21. The molecule has 2 aromatic heterocycles. The first kappa shape index (κ1) is 10.1. The molecule has 0 aromatic carbocycles. The van der Waals surface area contributed by atoms with Crippen molar-refractivity contribution in [2.24, 2.45) is 0 Å². The van der Waals surface area contributed by atoms with Crippen LogP contribution in [-0.2, 0) is 0 Å². The van der Waals surface area contributed by atoms with Gasteiger partial charge in [0, 0.05) is 5.56 Å². The monoisotopic (exact) mass is 226 g/mol. The first-order valence-electron chi connectivity index (χ1n) is 4.59. The Hall–Kier alpha value is -1.42. The number of nitrogens with zero attached hydrogens (tertiary/aromatic N) is 1. The predicted octanol–water partition coefficient (Wildman–Crippen LogP) is 3.29. The van der Waals surface area contributed by atoms with Gasteiger partial charge in [0.25, 0.3) is 0 Å². The zero-order chi connectivity index (χ0) is 11.0. The standard InChI is InChI=1S/C10H11ClN2O2/c1-5(2)7-8(13-15-10(7)12)6-3-4-14-9(6)11/h3-5H,12H2,1-2H3. The highest BCUT2D eigenvalue weighted by Crippen LogP contribution is 2.36. The van der Waals surface area contributed by atoms with Gasteiger partial charge in [-0.1, -0.05) is 19.0 Å². The normalized spacial score (nSPS) is 11.2. The van der Waals surface area contributed by atoms with Crippen LogP contribution in [0.15, 0.2) is 21.3 Å². The van der Waals surface area contributed by atoms with Crippen LogP contribution in [0.4, 0.5) is 5.88 Å². The highest BCUT2D eigenvalue weighted by atomic mass is 35.5. The van der Waals surface area contributed by atoms with Crippen LogP contribution < -0.4 is 5.73 Å². The number of furan rings is 1. The molecule has 0 amide bonds. The predicted molar refractivity (Wildman–Crippen MR) is 57.7 cm³/mol. The van der Waals surface area contributed by atoms with E-state index in [1.165, 1.54) is 6.26 Å². The summed E-state index contributed by atoms with van der Waals surface area (Å²) in [5.74, 6) is 0.550. The Bertz CT molecular complexity index is 473. The van der Waals surface area contributed by atoms with Gasteiger partial charge in [0.2, 0.25) is 11.1 Å². The Labute approximate surface area is 92.0 Å². The summed E-state index contributed by atoms with van der Waals surface area (Å²) in [4.78, 5) is 0. The summed E-state index contributed by atoms with van der Waals surface area (Å²) in [5, 5.41) is 4.19. The molecule has 0 fully saturated rings. The van der Waals surface area contributed by atoms with Crippen LogP contribution in [0.3, 0.4) is 0 Å². The third-order valence-electron chi connectivity index (χ3n) is 2.21. The van der Waals surface area contributed by atoms with Gasteiger partial charge in [0.15, 0.2) is 0 Å². The smallest absolute Gasteiger partial charge is 0.226 e. The van der Waals surface area contributed by atoms with Crippen LogP contribution in [0.2, 0.25) is 5.22 Å². The van der Waals surface area contributed by atoms with Crippen LogP contribution >= 0.6 is 11.6 Å². The Kier molecular flexibility index (Phi) is 2.44. The molecule has 2 N–H and O–H groups in total. The summed E-state index contributed by atoms with van der Waals surface area (Å²) in [6.45, 7) is 4.03. The molecule has 0 radical (unpaired) electrons. The molecule has 0 saturated carbocycles. The number of halogens is 1. The minimum Gasteiger partial charge on any atom is -0.452 e. The summed E-state index contributed by atoms with van der Waals surface area (Å²) in [5.41, 5.74) is 7.92. The molecule has 2 rings (SSSR count). The van der Waals surface area contributed by atoms with Gasteiger partial charge in [-0.3, -0.25) is 0 Å². The molecule has 5 heteroatoms.